The molecule has 0 heterocycles. The Kier molecular flexibility index (Phi) is 3.48. The van der Waals surface area contributed by atoms with Crippen molar-refractivity contribution >= 4 is 11.7 Å². The van der Waals surface area contributed by atoms with E-state index in [1.807, 2.05) is 12.1 Å². The molecule has 0 amide bonds. The fraction of sp³-hybridized carbons (Fsp3) is 0.0714. The van der Waals surface area contributed by atoms with Crippen LogP contribution in [0, 0.1) is 0 Å². The van der Waals surface area contributed by atoms with E-state index in [4.69, 9.17) is 10.5 Å². The SMILES string of the molecule is COC(=O)c1cccc(Oc2ccccc2N)c1. The van der Waals surface area contributed by atoms with E-state index in [-0.39, 0.29) is 0 Å². The smallest absolute Gasteiger partial charge is 0.337 e. The fourth-order valence-electron chi connectivity index (χ4n) is 1.50. The topological polar surface area (TPSA) is 61.5 Å². The van der Waals surface area contributed by atoms with Gasteiger partial charge in [0, 0.05) is 0 Å². The first-order chi connectivity index (χ1) is 8.70. The van der Waals surface area contributed by atoms with Crippen LogP contribution in [0.25, 0.3) is 0 Å². The molecular formula is C14H13NO3. The molecule has 0 saturated carbocycles. The predicted molar refractivity (Wildman–Crippen MR) is 68.7 cm³/mol. The van der Waals surface area contributed by atoms with Gasteiger partial charge in [0.1, 0.15) is 11.5 Å². The summed E-state index contributed by atoms with van der Waals surface area (Å²) in [6, 6.07) is 13.9. The molecule has 4 heteroatoms. The van der Waals surface area contributed by atoms with Crippen molar-refractivity contribution in [2.24, 2.45) is 0 Å². The lowest BCUT2D eigenvalue weighted by molar-refractivity contribution is 0.0600. The van der Waals surface area contributed by atoms with Gasteiger partial charge in [-0.2, -0.15) is 0 Å². The molecule has 0 aliphatic rings. The zero-order valence-corrected chi connectivity index (χ0v) is 9.92. The van der Waals surface area contributed by atoms with E-state index in [1.54, 1.807) is 36.4 Å². The molecule has 2 aromatic carbocycles. The molecular weight excluding hydrogens is 230 g/mol. The normalized spacial score (nSPS) is 9.83. The van der Waals surface area contributed by atoms with Gasteiger partial charge >= 0.3 is 5.97 Å². The van der Waals surface area contributed by atoms with E-state index in [9.17, 15) is 4.79 Å². The van der Waals surface area contributed by atoms with Crippen molar-refractivity contribution in [3.8, 4) is 11.5 Å². The highest BCUT2D eigenvalue weighted by Gasteiger charge is 2.07. The van der Waals surface area contributed by atoms with Crippen molar-refractivity contribution in [3.05, 3.63) is 54.1 Å². The number of esters is 1. The Bertz CT molecular complexity index is 566. The second kappa shape index (κ2) is 5.23. The maximum absolute atomic E-state index is 11.4. The van der Waals surface area contributed by atoms with Crippen LogP contribution in [-0.2, 0) is 4.74 Å². The van der Waals surface area contributed by atoms with Crippen molar-refractivity contribution in [3.63, 3.8) is 0 Å². The number of benzene rings is 2. The summed E-state index contributed by atoms with van der Waals surface area (Å²) in [5.74, 6) is 0.691. The lowest BCUT2D eigenvalue weighted by Crippen LogP contribution is -2.01. The molecule has 4 nitrogen and oxygen atoms in total. The standard InChI is InChI=1S/C14H13NO3/c1-17-14(16)10-5-4-6-11(9-10)18-13-8-3-2-7-12(13)15/h2-9H,15H2,1H3. The number of rotatable bonds is 3. The molecule has 0 spiro atoms. The fourth-order valence-corrected chi connectivity index (χ4v) is 1.50. The van der Waals surface area contributed by atoms with Crippen molar-refractivity contribution in [1.82, 2.24) is 0 Å². The van der Waals surface area contributed by atoms with Gasteiger partial charge in [0.2, 0.25) is 0 Å². The van der Waals surface area contributed by atoms with Crippen molar-refractivity contribution in [2.75, 3.05) is 12.8 Å². The highest BCUT2D eigenvalue weighted by molar-refractivity contribution is 5.89. The van der Waals surface area contributed by atoms with E-state index in [1.165, 1.54) is 7.11 Å². The maximum atomic E-state index is 11.4. The Morgan fingerprint density at radius 2 is 1.89 bits per heavy atom. The Labute approximate surface area is 105 Å². The summed E-state index contributed by atoms with van der Waals surface area (Å²) in [5.41, 5.74) is 6.75. The van der Waals surface area contributed by atoms with Gasteiger partial charge in [-0.1, -0.05) is 18.2 Å². The molecule has 0 aliphatic heterocycles. The number of carbonyl (C=O) groups excluding carboxylic acids is 1. The van der Waals surface area contributed by atoms with Crippen LogP contribution >= 0.6 is 0 Å². The van der Waals surface area contributed by atoms with Crippen LogP contribution < -0.4 is 10.5 Å². The van der Waals surface area contributed by atoms with Crippen molar-refractivity contribution in [2.45, 2.75) is 0 Å². The summed E-state index contributed by atoms with van der Waals surface area (Å²) in [6.07, 6.45) is 0. The van der Waals surface area contributed by atoms with E-state index in [0.717, 1.165) is 0 Å². The molecule has 2 N–H and O–H groups in total. The number of nitrogen functional groups attached to an aromatic ring is 1. The largest absolute Gasteiger partial charge is 0.465 e. The monoisotopic (exact) mass is 243 g/mol. The predicted octanol–water partition coefficient (Wildman–Crippen LogP) is 2.85. The molecule has 2 aromatic rings. The van der Waals surface area contributed by atoms with Gasteiger partial charge in [-0.3, -0.25) is 0 Å². The number of anilines is 1. The second-order valence-electron chi connectivity index (χ2n) is 3.66. The summed E-state index contributed by atoms with van der Waals surface area (Å²) in [7, 11) is 1.34. The quantitative estimate of drug-likeness (QED) is 0.665. The molecule has 18 heavy (non-hydrogen) atoms. The molecule has 92 valence electrons. The van der Waals surface area contributed by atoms with Gasteiger partial charge in [0.15, 0.2) is 0 Å². The number of carbonyl (C=O) groups is 1. The lowest BCUT2D eigenvalue weighted by atomic mass is 10.2. The second-order valence-corrected chi connectivity index (χ2v) is 3.66. The Morgan fingerprint density at radius 1 is 1.11 bits per heavy atom. The molecule has 0 atom stereocenters. The Balaban J connectivity index is 2.25. The van der Waals surface area contributed by atoms with Gasteiger partial charge in [-0.05, 0) is 30.3 Å². The molecule has 2 rings (SSSR count). The van der Waals surface area contributed by atoms with Gasteiger partial charge in [-0.15, -0.1) is 0 Å². The van der Waals surface area contributed by atoms with Gasteiger partial charge < -0.3 is 15.2 Å². The summed E-state index contributed by atoms with van der Waals surface area (Å²) in [4.78, 5) is 11.4. The molecule has 0 aromatic heterocycles. The number of ether oxygens (including phenoxy) is 2. The van der Waals surface area contributed by atoms with Crippen LogP contribution in [0.3, 0.4) is 0 Å². The van der Waals surface area contributed by atoms with E-state index < -0.39 is 5.97 Å². The summed E-state index contributed by atoms with van der Waals surface area (Å²) in [6.45, 7) is 0. The number of hydrogen-bond donors (Lipinski definition) is 1. The first kappa shape index (κ1) is 12.0. The number of methoxy groups -OCH3 is 1. The van der Waals surface area contributed by atoms with Crippen LogP contribution in [-0.4, -0.2) is 13.1 Å². The minimum absolute atomic E-state index is 0.401. The molecule has 0 saturated heterocycles. The average Bonchev–Trinajstić information content (AvgIpc) is 2.41. The number of para-hydroxylation sites is 2. The van der Waals surface area contributed by atoms with Crippen molar-refractivity contribution in [1.29, 1.82) is 0 Å². The third kappa shape index (κ3) is 2.60. The highest BCUT2D eigenvalue weighted by Crippen LogP contribution is 2.27. The lowest BCUT2D eigenvalue weighted by Gasteiger charge is -2.08. The molecule has 0 unspecified atom stereocenters. The molecule has 0 fully saturated rings. The van der Waals surface area contributed by atoms with E-state index in [0.29, 0.717) is 22.7 Å². The molecule has 0 radical (unpaired) electrons. The minimum atomic E-state index is -0.401. The molecule has 0 aliphatic carbocycles. The van der Waals surface area contributed by atoms with Gasteiger partial charge in [-0.25, -0.2) is 4.79 Å². The van der Waals surface area contributed by atoms with E-state index >= 15 is 0 Å². The van der Waals surface area contributed by atoms with E-state index in [2.05, 4.69) is 4.74 Å². The number of nitrogens with two attached hydrogens (primary N) is 1. The van der Waals surface area contributed by atoms with Crippen LogP contribution in [0.1, 0.15) is 10.4 Å². The summed E-state index contributed by atoms with van der Waals surface area (Å²) in [5, 5.41) is 0. The van der Waals surface area contributed by atoms with Crippen LogP contribution in [0.2, 0.25) is 0 Å². The van der Waals surface area contributed by atoms with Crippen LogP contribution in [0.4, 0.5) is 5.69 Å². The van der Waals surface area contributed by atoms with Gasteiger partial charge in [0.25, 0.3) is 0 Å². The maximum Gasteiger partial charge on any atom is 0.337 e. The average molecular weight is 243 g/mol. The van der Waals surface area contributed by atoms with Crippen LogP contribution in [0.15, 0.2) is 48.5 Å². The molecule has 0 bridgehead atoms. The van der Waals surface area contributed by atoms with Gasteiger partial charge in [0.05, 0.1) is 18.4 Å². The Morgan fingerprint density at radius 3 is 2.61 bits per heavy atom. The summed E-state index contributed by atoms with van der Waals surface area (Å²) < 4.78 is 10.3. The minimum Gasteiger partial charge on any atom is -0.465 e. The summed E-state index contributed by atoms with van der Waals surface area (Å²) >= 11 is 0. The first-order valence-corrected chi connectivity index (χ1v) is 5.41. The number of hydrogen-bond acceptors (Lipinski definition) is 4. The first-order valence-electron chi connectivity index (χ1n) is 5.41. The Hall–Kier alpha value is -2.49. The zero-order valence-electron chi connectivity index (χ0n) is 9.92. The third-order valence-electron chi connectivity index (χ3n) is 2.40. The van der Waals surface area contributed by atoms with Crippen molar-refractivity contribution < 1.29 is 14.3 Å². The highest BCUT2D eigenvalue weighted by atomic mass is 16.5. The van der Waals surface area contributed by atoms with Crippen LogP contribution in [0.5, 0.6) is 11.5 Å². The zero-order chi connectivity index (χ0) is 13.0. The third-order valence-corrected chi connectivity index (χ3v) is 2.40.